The third-order valence-corrected chi connectivity index (χ3v) is 6.81. The van der Waals surface area contributed by atoms with Gasteiger partial charge in [0, 0.05) is 43.0 Å². The molecule has 3 rings (SSSR count). The Kier molecular flexibility index (Phi) is 7.89. The topological polar surface area (TPSA) is 98.8 Å². The fraction of sp³-hybridized carbons (Fsp3) is 0.273. The van der Waals surface area contributed by atoms with Crippen LogP contribution >= 0.6 is 11.6 Å². The molecular formula is C22H25ClN4O4S. The fourth-order valence-electron chi connectivity index (χ4n) is 3.25. The molecule has 1 fully saturated rings. The first kappa shape index (κ1) is 23.8. The Morgan fingerprint density at radius 2 is 1.62 bits per heavy atom. The molecule has 0 aromatic heterocycles. The predicted octanol–water partition coefficient (Wildman–Crippen LogP) is 1.73. The zero-order chi connectivity index (χ0) is 23.1. The maximum atomic E-state index is 12.4. The second kappa shape index (κ2) is 10.6. The number of amides is 2. The van der Waals surface area contributed by atoms with Crippen LogP contribution in [0, 0.1) is 0 Å². The first-order valence-electron chi connectivity index (χ1n) is 10.1. The van der Waals surface area contributed by atoms with Crippen LogP contribution in [0.2, 0.25) is 5.02 Å². The summed E-state index contributed by atoms with van der Waals surface area (Å²) in [5.74, 6) is -0.533. The highest BCUT2D eigenvalue weighted by Crippen LogP contribution is 2.19. The Hall–Kier alpha value is -2.88. The summed E-state index contributed by atoms with van der Waals surface area (Å²) in [6.45, 7) is 2.49. The van der Waals surface area contributed by atoms with Crippen molar-refractivity contribution < 1.29 is 18.0 Å². The van der Waals surface area contributed by atoms with Crippen LogP contribution in [0.5, 0.6) is 0 Å². The third-order valence-electron chi connectivity index (χ3n) is 5.12. The van der Waals surface area contributed by atoms with Crippen molar-refractivity contribution in [3.63, 3.8) is 0 Å². The van der Waals surface area contributed by atoms with Crippen LogP contribution < -0.4 is 14.9 Å². The molecule has 1 heterocycles. The van der Waals surface area contributed by atoms with Gasteiger partial charge in [0.25, 0.3) is 0 Å². The van der Waals surface area contributed by atoms with Crippen molar-refractivity contribution in [2.45, 2.75) is 4.90 Å². The van der Waals surface area contributed by atoms with Crippen molar-refractivity contribution in [2.24, 2.45) is 0 Å². The van der Waals surface area contributed by atoms with Crippen LogP contribution in [0.3, 0.4) is 0 Å². The van der Waals surface area contributed by atoms with Crippen LogP contribution in [-0.2, 0) is 19.6 Å². The predicted molar refractivity (Wildman–Crippen MR) is 125 cm³/mol. The summed E-state index contributed by atoms with van der Waals surface area (Å²) in [5, 5.41) is 3.28. The molecule has 0 spiro atoms. The molecular weight excluding hydrogens is 452 g/mol. The van der Waals surface area contributed by atoms with E-state index in [0.29, 0.717) is 36.8 Å². The fourth-order valence-corrected chi connectivity index (χ4v) is 4.10. The van der Waals surface area contributed by atoms with E-state index in [1.807, 2.05) is 24.3 Å². The maximum absolute atomic E-state index is 12.4. The summed E-state index contributed by atoms with van der Waals surface area (Å²) in [6, 6.07) is 13.7. The molecule has 0 unspecified atom stereocenters. The van der Waals surface area contributed by atoms with E-state index in [4.69, 9.17) is 11.6 Å². The number of anilines is 1. The smallest absolute Gasteiger partial charge is 0.244 e. The number of sulfonamides is 1. The van der Waals surface area contributed by atoms with Gasteiger partial charge in [-0.05, 0) is 55.1 Å². The van der Waals surface area contributed by atoms with Crippen LogP contribution in [0.25, 0.3) is 6.08 Å². The zero-order valence-corrected chi connectivity index (χ0v) is 19.2. The van der Waals surface area contributed by atoms with E-state index in [9.17, 15) is 18.0 Å². The molecule has 1 aliphatic rings. The molecule has 170 valence electrons. The summed E-state index contributed by atoms with van der Waals surface area (Å²) in [7, 11) is -2.16. The average molecular weight is 477 g/mol. The van der Waals surface area contributed by atoms with E-state index in [-0.39, 0.29) is 17.3 Å². The van der Waals surface area contributed by atoms with Gasteiger partial charge in [-0.1, -0.05) is 23.7 Å². The van der Waals surface area contributed by atoms with Crippen molar-refractivity contribution in [1.82, 2.24) is 14.9 Å². The largest absolute Gasteiger partial charge is 0.368 e. The molecule has 2 aromatic carbocycles. The first-order valence-corrected chi connectivity index (χ1v) is 11.9. The summed E-state index contributed by atoms with van der Waals surface area (Å²) in [6.07, 6.45) is 2.87. The van der Waals surface area contributed by atoms with Gasteiger partial charge in [-0.2, -0.15) is 0 Å². The van der Waals surface area contributed by atoms with Crippen molar-refractivity contribution in [1.29, 1.82) is 0 Å². The van der Waals surface area contributed by atoms with Gasteiger partial charge in [0.2, 0.25) is 21.8 Å². The van der Waals surface area contributed by atoms with Crippen LogP contribution in [0.1, 0.15) is 5.56 Å². The van der Waals surface area contributed by atoms with E-state index in [1.165, 1.54) is 25.3 Å². The molecule has 0 radical (unpaired) electrons. The van der Waals surface area contributed by atoms with Crippen molar-refractivity contribution in [3.8, 4) is 0 Å². The number of benzene rings is 2. The van der Waals surface area contributed by atoms with Gasteiger partial charge in [0.1, 0.15) is 0 Å². The van der Waals surface area contributed by atoms with E-state index in [1.54, 1.807) is 23.1 Å². The van der Waals surface area contributed by atoms with Gasteiger partial charge in [0.05, 0.1) is 11.4 Å². The lowest BCUT2D eigenvalue weighted by atomic mass is 10.2. The number of hydrogen-bond acceptors (Lipinski definition) is 5. The highest BCUT2D eigenvalue weighted by Gasteiger charge is 2.21. The molecule has 0 saturated carbocycles. The Bertz CT molecular complexity index is 1080. The molecule has 0 aliphatic carbocycles. The molecule has 2 aromatic rings. The average Bonchev–Trinajstić information content (AvgIpc) is 2.82. The van der Waals surface area contributed by atoms with Crippen LogP contribution in [0.4, 0.5) is 5.69 Å². The first-order chi connectivity index (χ1) is 15.3. The number of hydrogen-bond donors (Lipinski definition) is 2. The number of nitrogens with zero attached hydrogens (tertiary/aromatic N) is 2. The van der Waals surface area contributed by atoms with Crippen molar-refractivity contribution in [2.75, 3.05) is 44.7 Å². The lowest BCUT2D eigenvalue weighted by Crippen LogP contribution is -2.51. The lowest BCUT2D eigenvalue weighted by Gasteiger charge is -2.36. The van der Waals surface area contributed by atoms with Gasteiger partial charge in [-0.25, -0.2) is 13.1 Å². The van der Waals surface area contributed by atoms with Crippen LogP contribution in [0.15, 0.2) is 59.5 Å². The molecule has 2 N–H and O–H groups in total. The minimum Gasteiger partial charge on any atom is -0.368 e. The zero-order valence-electron chi connectivity index (χ0n) is 17.6. The minimum absolute atomic E-state index is 0.0799. The second-order valence-electron chi connectivity index (χ2n) is 7.17. The number of rotatable bonds is 7. The normalized spacial score (nSPS) is 14.6. The van der Waals surface area contributed by atoms with Gasteiger partial charge < -0.3 is 15.1 Å². The molecule has 0 bridgehead atoms. The van der Waals surface area contributed by atoms with Gasteiger partial charge in [0.15, 0.2) is 0 Å². The number of carbonyl (C=O) groups is 2. The number of piperazine rings is 1. The van der Waals surface area contributed by atoms with Crippen molar-refractivity contribution >= 4 is 45.2 Å². The Morgan fingerprint density at radius 1 is 1.00 bits per heavy atom. The number of nitrogens with one attached hydrogen (secondary N) is 2. The Labute approximate surface area is 192 Å². The number of carbonyl (C=O) groups excluding carboxylic acids is 2. The van der Waals surface area contributed by atoms with E-state index < -0.39 is 15.9 Å². The van der Waals surface area contributed by atoms with Crippen LogP contribution in [-0.4, -0.2) is 64.9 Å². The van der Waals surface area contributed by atoms with Gasteiger partial charge in [-0.15, -0.1) is 0 Å². The maximum Gasteiger partial charge on any atom is 0.244 e. The van der Waals surface area contributed by atoms with E-state index in [0.717, 1.165) is 5.69 Å². The molecule has 2 amide bonds. The summed E-state index contributed by atoms with van der Waals surface area (Å²) < 4.78 is 25.7. The van der Waals surface area contributed by atoms with E-state index in [2.05, 4.69) is 14.9 Å². The molecule has 10 heteroatoms. The van der Waals surface area contributed by atoms with Gasteiger partial charge >= 0.3 is 0 Å². The number of halogens is 1. The molecule has 0 atom stereocenters. The molecule has 8 nitrogen and oxygen atoms in total. The second-order valence-corrected chi connectivity index (χ2v) is 9.49. The molecule has 1 aliphatic heterocycles. The summed E-state index contributed by atoms with van der Waals surface area (Å²) in [4.78, 5) is 28.5. The van der Waals surface area contributed by atoms with Crippen molar-refractivity contribution in [3.05, 3.63) is 65.2 Å². The van der Waals surface area contributed by atoms with Gasteiger partial charge in [-0.3, -0.25) is 9.59 Å². The van der Waals surface area contributed by atoms with E-state index >= 15 is 0 Å². The molecule has 1 saturated heterocycles. The standard InChI is InChI=1S/C22H25ClN4O4S/c1-24-32(30,31)20-9-2-17(3-10-20)4-11-21(28)25-16-22(29)27-14-12-26(13-15-27)19-7-5-18(23)6-8-19/h2-11,24H,12-16H2,1H3,(H,25,28)/b11-4+. The SMILES string of the molecule is CNS(=O)(=O)c1ccc(/C=C/C(=O)NCC(=O)N2CCN(c3ccc(Cl)cc3)CC2)cc1. The highest BCUT2D eigenvalue weighted by molar-refractivity contribution is 7.89. The summed E-state index contributed by atoms with van der Waals surface area (Å²) >= 11 is 5.93. The third kappa shape index (κ3) is 6.32. The minimum atomic E-state index is -3.50. The Morgan fingerprint density at radius 3 is 2.22 bits per heavy atom. The summed E-state index contributed by atoms with van der Waals surface area (Å²) in [5.41, 5.74) is 1.73. The Balaban J connectivity index is 1.44. The highest BCUT2D eigenvalue weighted by atomic mass is 35.5. The lowest BCUT2D eigenvalue weighted by molar-refractivity contribution is -0.132. The quantitative estimate of drug-likeness (QED) is 0.593. The monoisotopic (exact) mass is 476 g/mol. The molecule has 32 heavy (non-hydrogen) atoms.